The number of hydrogen-bond acceptors (Lipinski definition) is 10. The zero-order valence-electron chi connectivity index (χ0n) is 33.3. The van der Waals surface area contributed by atoms with E-state index in [9.17, 15) is 49.2 Å². The fourth-order valence-electron chi connectivity index (χ4n) is 7.65. The molecule has 0 saturated carbocycles. The first-order valence-electron chi connectivity index (χ1n) is 19.9. The molecule has 2 saturated heterocycles. The number of phenols is 3. The van der Waals surface area contributed by atoms with Gasteiger partial charge in [0.1, 0.15) is 47.5 Å². The number of nitrogens with two attached hydrogens (primary N) is 1. The molecule has 0 aromatic heterocycles. The van der Waals surface area contributed by atoms with Crippen molar-refractivity contribution in [1.82, 2.24) is 25.8 Å². The quantitative estimate of drug-likeness (QED) is 0.0975. The van der Waals surface area contributed by atoms with Crippen LogP contribution >= 0.6 is 0 Å². The number of carboxylic acid groups (broad SMARTS) is 1. The second-order valence-electron chi connectivity index (χ2n) is 15.7. The van der Waals surface area contributed by atoms with Gasteiger partial charge in [-0.15, -0.1) is 0 Å². The molecule has 2 aliphatic rings. The number of phenolic OH excluding ortho intramolecular Hbond substituents is 3. The van der Waals surface area contributed by atoms with Crippen LogP contribution in [0.1, 0.15) is 62.6 Å². The highest BCUT2D eigenvalue weighted by molar-refractivity contribution is 5.97. The average molecular weight is 815 g/mol. The maximum Gasteiger partial charge on any atom is 0.326 e. The van der Waals surface area contributed by atoms with Gasteiger partial charge in [-0.25, -0.2) is 4.79 Å². The lowest BCUT2D eigenvalue weighted by Crippen LogP contribution is -2.59. The third kappa shape index (κ3) is 11.9. The predicted molar refractivity (Wildman–Crippen MR) is 216 cm³/mol. The van der Waals surface area contributed by atoms with Crippen LogP contribution in [-0.2, 0) is 48.0 Å². The first kappa shape index (κ1) is 44.0. The van der Waals surface area contributed by atoms with Crippen LogP contribution in [0.3, 0.4) is 0 Å². The second kappa shape index (κ2) is 20.0. The summed E-state index contributed by atoms with van der Waals surface area (Å²) in [5.74, 6) is -4.07. The van der Waals surface area contributed by atoms with Gasteiger partial charge < -0.3 is 51.9 Å². The number of carbonyl (C=O) groups excluding carboxylic acids is 5. The fourth-order valence-corrected chi connectivity index (χ4v) is 7.65. The van der Waals surface area contributed by atoms with E-state index in [1.165, 1.54) is 58.3 Å². The number of nitrogens with zero attached hydrogens (tertiary/aromatic N) is 2. The van der Waals surface area contributed by atoms with Crippen LogP contribution in [0.25, 0.3) is 0 Å². The van der Waals surface area contributed by atoms with Gasteiger partial charge in [0.05, 0.1) is 6.04 Å². The van der Waals surface area contributed by atoms with Gasteiger partial charge in [-0.1, -0.05) is 50.2 Å². The first-order chi connectivity index (χ1) is 28.1. The summed E-state index contributed by atoms with van der Waals surface area (Å²) >= 11 is 0. The lowest BCUT2D eigenvalue weighted by Gasteiger charge is -2.32. The van der Waals surface area contributed by atoms with Gasteiger partial charge in [-0.2, -0.15) is 0 Å². The molecular formula is C43H54N6O10. The number of hydrogen-bond donors (Lipinski definition) is 8. The van der Waals surface area contributed by atoms with E-state index in [4.69, 9.17) is 5.73 Å². The fraction of sp³-hybridized carbons (Fsp3) is 0.442. The Kier molecular flexibility index (Phi) is 14.9. The molecule has 2 fully saturated rings. The first-order valence-corrected chi connectivity index (χ1v) is 19.9. The predicted octanol–water partition coefficient (Wildman–Crippen LogP) is 1.73. The van der Waals surface area contributed by atoms with Crippen molar-refractivity contribution in [2.45, 2.75) is 101 Å². The van der Waals surface area contributed by atoms with Crippen molar-refractivity contribution < 1.29 is 49.2 Å². The normalized spacial score (nSPS) is 18.4. The van der Waals surface area contributed by atoms with Gasteiger partial charge in [0.25, 0.3) is 0 Å². The Bertz CT molecular complexity index is 1960. The van der Waals surface area contributed by atoms with Crippen molar-refractivity contribution in [3.05, 3.63) is 89.5 Å². The molecule has 59 heavy (non-hydrogen) atoms. The Balaban J connectivity index is 1.35. The summed E-state index contributed by atoms with van der Waals surface area (Å²) in [7, 11) is 0. The van der Waals surface area contributed by atoms with E-state index in [0.29, 0.717) is 48.9 Å². The Hall–Kier alpha value is -6.16. The summed E-state index contributed by atoms with van der Waals surface area (Å²) in [5.41, 5.74) is 7.91. The second-order valence-corrected chi connectivity index (χ2v) is 15.7. The maximum atomic E-state index is 14.5. The molecule has 0 unspecified atom stereocenters. The van der Waals surface area contributed by atoms with Crippen LogP contribution in [0.5, 0.6) is 17.2 Å². The number of aliphatic carboxylic acids is 1. The van der Waals surface area contributed by atoms with Crippen LogP contribution < -0.4 is 21.7 Å². The molecule has 2 heterocycles. The summed E-state index contributed by atoms with van der Waals surface area (Å²) in [6, 6.07) is 11.4. The molecule has 0 bridgehead atoms. The third-order valence-corrected chi connectivity index (χ3v) is 10.7. The highest BCUT2D eigenvalue weighted by Crippen LogP contribution is 2.24. The number of nitrogens with one attached hydrogen (secondary N) is 3. The lowest BCUT2D eigenvalue weighted by molar-refractivity contribution is -0.144. The number of likely N-dealkylation sites (tertiary alicyclic amines) is 2. The molecular weight excluding hydrogens is 761 g/mol. The van der Waals surface area contributed by atoms with E-state index >= 15 is 0 Å². The van der Waals surface area contributed by atoms with E-state index < -0.39 is 65.8 Å². The van der Waals surface area contributed by atoms with Crippen LogP contribution in [0, 0.1) is 5.92 Å². The number of carbonyl (C=O) groups is 6. The van der Waals surface area contributed by atoms with E-state index in [1.54, 1.807) is 24.3 Å². The lowest BCUT2D eigenvalue weighted by atomic mass is 10.0. The topological polar surface area (TPSA) is 252 Å². The molecule has 3 aromatic carbocycles. The number of benzene rings is 3. The SMILES string of the molecule is CC(C)C[C@H](N)C(=O)N1CCC[C@H]1C(=O)N[C@@H](Cc1ccc(O)cc1)C(=O)N1CCC[C@H]1C(=O)N[C@@H](Cc1ccc(O)cc1)C(=O)N[C@@H](Cc1ccc(O)cc1)C(=O)O. The molecule has 3 aromatic rings. The van der Waals surface area contributed by atoms with Gasteiger partial charge in [0.15, 0.2) is 0 Å². The molecule has 16 nitrogen and oxygen atoms in total. The average Bonchev–Trinajstić information content (AvgIpc) is 3.90. The third-order valence-electron chi connectivity index (χ3n) is 10.7. The van der Waals surface area contributed by atoms with Gasteiger partial charge >= 0.3 is 5.97 Å². The number of rotatable bonds is 17. The standard InChI is InChI=1S/C43H54N6O10/c1-25(2)21-32(44)41(56)48-19-3-5-36(48)40(55)46-34(23-27-9-15-30(51)16-10-27)42(57)49-20-4-6-37(49)39(54)45-33(22-26-7-13-29(50)14-8-26)38(53)47-35(43(58)59)24-28-11-17-31(52)18-12-28/h7-18,25,32-37,50-52H,3-6,19-24,44H2,1-2H3,(H,45,54)(H,46,55)(H,47,53)(H,58,59)/t32-,33-,34-,35-,36-,37-/m0/s1. The molecule has 5 rings (SSSR count). The van der Waals surface area contributed by atoms with E-state index in [-0.39, 0.29) is 61.3 Å². The van der Waals surface area contributed by atoms with Gasteiger partial charge in [0, 0.05) is 32.4 Å². The van der Waals surface area contributed by atoms with Crippen LogP contribution in [0.15, 0.2) is 72.8 Å². The van der Waals surface area contributed by atoms with Crippen molar-refractivity contribution in [3.63, 3.8) is 0 Å². The molecule has 9 N–H and O–H groups in total. The molecule has 6 atom stereocenters. The Labute approximate surface area is 342 Å². The van der Waals surface area contributed by atoms with E-state index in [0.717, 1.165) is 0 Å². The van der Waals surface area contributed by atoms with Crippen LogP contribution in [-0.4, -0.2) is 115 Å². The number of aromatic hydroxyl groups is 3. The van der Waals surface area contributed by atoms with Gasteiger partial charge in [-0.05, 0) is 91.1 Å². The number of amides is 5. The van der Waals surface area contributed by atoms with Crippen LogP contribution in [0.4, 0.5) is 0 Å². The van der Waals surface area contributed by atoms with E-state index in [1.807, 2.05) is 13.8 Å². The largest absolute Gasteiger partial charge is 0.508 e. The van der Waals surface area contributed by atoms with Crippen molar-refractivity contribution in [2.24, 2.45) is 11.7 Å². The van der Waals surface area contributed by atoms with Crippen molar-refractivity contribution >= 4 is 35.5 Å². The van der Waals surface area contributed by atoms with Gasteiger partial charge in [0.2, 0.25) is 29.5 Å². The molecule has 2 aliphatic heterocycles. The van der Waals surface area contributed by atoms with Crippen molar-refractivity contribution in [1.29, 1.82) is 0 Å². The smallest absolute Gasteiger partial charge is 0.326 e. The van der Waals surface area contributed by atoms with Gasteiger partial charge in [-0.3, -0.25) is 24.0 Å². The zero-order chi connectivity index (χ0) is 42.8. The minimum absolute atomic E-state index is 0.00666. The molecule has 316 valence electrons. The molecule has 0 spiro atoms. The number of carboxylic acids is 1. The minimum Gasteiger partial charge on any atom is -0.508 e. The highest BCUT2D eigenvalue weighted by Gasteiger charge is 2.42. The Morgan fingerprint density at radius 2 is 1.00 bits per heavy atom. The minimum atomic E-state index is -1.39. The molecule has 5 amide bonds. The Morgan fingerprint density at radius 3 is 1.42 bits per heavy atom. The molecule has 0 radical (unpaired) electrons. The zero-order valence-corrected chi connectivity index (χ0v) is 33.3. The summed E-state index contributed by atoms with van der Waals surface area (Å²) in [6.07, 6.45) is 1.88. The molecule has 16 heteroatoms. The monoisotopic (exact) mass is 814 g/mol. The summed E-state index contributed by atoms with van der Waals surface area (Å²) in [5, 5.41) is 47.5. The highest BCUT2D eigenvalue weighted by atomic mass is 16.4. The summed E-state index contributed by atoms with van der Waals surface area (Å²) in [4.78, 5) is 84.8. The molecule has 0 aliphatic carbocycles. The maximum absolute atomic E-state index is 14.5. The van der Waals surface area contributed by atoms with Crippen molar-refractivity contribution in [2.75, 3.05) is 13.1 Å². The summed E-state index contributed by atoms with van der Waals surface area (Å²) in [6.45, 7) is 4.41. The summed E-state index contributed by atoms with van der Waals surface area (Å²) < 4.78 is 0. The Morgan fingerprint density at radius 1 is 0.610 bits per heavy atom. The van der Waals surface area contributed by atoms with Crippen LogP contribution in [0.2, 0.25) is 0 Å². The van der Waals surface area contributed by atoms with E-state index in [2.05, 4.69) is 16.0 Å². The van der Waals surface area contributed by atoms with Crippen molar-refractivity contribution in [3.8, 4) is 17.2 Å².